The predicted octanol–water partition coefficient (Wildman–Crippen LogP) is 5.34. The number of nitrogens with zero attached hydrogens (tertiary/aromatic N) is 3. The van der Waals surface area contributed by atoms with Gasteiger partial charge in [-0.2, -0.15) is 13.2 Å². The van der Waals surface area contributed by atoms with Crippen LogP contribution in [0.25, 0.3) is 5.57 Å². The summed E-state index contributed by atoms with van der Waals surface area (Å²) in [4.78, 5) is 45.2. The summed E-state index contributed by atoms with van der Waals surface area (Å²) in [5.41, 5.74) is -1.91. The zero-order valence-electron chi connectivity index (χ0n) is 24.8. The minimum absolute atomic E-state index is 0.0761. The molecule has 3 heterocycles. The molecule has 2 aromatic rings. The summed E-state index contributed by atoms with van der Waals surface area (Å²) in [5.74, 6) is -1.66. The number of hydrogen-bond acceptors (Lipinski definition) is 6. The number of carbonyl (C=O) groups is 2. The van der Waals surface area contributed by atoms with Gasteiger partial charge in [-0.1, -0.05) is 6.08 Å². The molecule has 1 fully saturated rings. The molecule has 13 heteroatoms. The van der Waals surface area contributed by atoms with Crippen molar-refractivity contribution in [3.63, 3.8) is 0 Å². The van der Waals surface area contributed by atoms with Crippen LogP contribution in [0.1, 0.15) is 62.0 Å². The van der Waals surface area contributed by atoms with Gasteiger partial charge in [0.25, 0.3) is 5.91 Å². The van der Waals surface area contributed by atoms with Crippen LogP contribution in [0, 0.1) is 5.82 Å². The van der Waals surface area contributed by atoms with E-state index in [1.807, 2.05) is 31.9 Å². The lowest BCUT2D eigenvalue weighted by atomic mass is 9.98. The fourth-order valence-electron chi connectivity index (χ4n) is 5.42. The third-order valence-corrected chi connectivity index (χ3v) is 7.89. The number of aromatic nitrogens is 1. The smallest absolute Gasteiger partial charge is 0.417 e. The normalized spacial score (nSPS) is 20.1. The van der Waals surface area contributed by atoms with Crippen LogP contribution in [0.4, 0.5) is 33.7 Å². The number of hydrogen-bond donors (Lipinski definition) is 2. The minimum Gasteiger partial charge on any atom is -0.447 e. The zero-order chi connectivity index (χ0) is 31.6. The van der Waals surface area contributed by atoms with E-state index >= 15 is 4.39 Å². The molecule has 2 atom stereocenters. The molecule has 0 radical (unpaired) electrons. The van der Waals surface area contributed by atoms with Gasteiger partial charge in [-0.3, -0.25) is 14.5 Å². The van der Waals surface area contributed by atoms with Crippen LogP contribution < -0.4 is 15.8 Å². The second-order valence-electron chi connectivity index (χ2n) is 11.4. The van der Waals surface area contributed by atoms with Crippen LogP contribution in [0.2, 0.25) is 0 Å². The number of halogens is 4. The number of alkyl halides is 3. The van der Waals surface area contributed by atoms with Gasteiger partial charge in [0.2, 0.25) is 5.56 Å². The highest BCUT2D eigenvalue weighted by Gasteiger charge is 2.36. The van der Waals surface area contributed by atoms with Gasteiger partial charge < -0.3 is 24.8 Å². The Labute approximate surface area is 247 Å². The van der Waals surface area contributed by atoms with Crippen LogP contribution in [0.5, 0.6) is 0 Å². The summed E-state index contributed by atoms with van der Waals surface area (Å²) >= 11 is 0. The van der Waals surface area contributed by atoms with E-state index in [4.69, 9.17) is 4.74 Å². The summed E-state index contributed by atoms with van der Waals surface area (Å²) < 4.78 is 62.3. The van der Waals surface area contributed by atoms with Gasteiger partial charge in [0.1, 0.15) is 5.82 Å². The molecule has 1 aromatic heterocycles. The van der Waals surface area contributed by atoms with E-state index in [-0.39, 0.29) is 36.0 Å². The minimum atomic E-state index is -4.95. The summed E-state index contributed by atoms with van der Waals surface area (Å²) in [6, 6.07) is 3.22. The number of likely N-dealkylation sites (N-methyl/N-ethyl adjacent to an activating group) is 1. The first-order valence-corrected chi connectivity index (χ1v) is 14.2. The molecule has 2 N–H and O–H groups in total. The quantitative estimate of drug-likeness (QED) is 0.446. The Balaban J connectivity index is 1.73. The van der Waals surface area contributed by atoms with Crippen molar-refractivity contribution < 1.29 is 31.9 Å². The maximum Gasteiger partial charge on any atom is 0.417 e. The molecule has 0 aliphatic carbocycles. The fourth-order valence-corrected chi connectivity index (χ4v) is 5.42. The number of piperazine rings is 1. The van der Waals surface area contributed by atoms with Crippen LogP contribution in [0.3, 0.4) is 0 Å². The van der Waals surface area contributed by atoms with Crippen LogP contribution >= 0.6 is 0 Å². The number of amides is 2. The van der Waals surface area contributed by atoms with Crippen molar-refractivity contribution in [3.8, 4) is 0 Å². The van der Waals surface area contributed by atoms with Gasteiger partial charge in [0.15, 0.2) is 0 Å². The van der Waals surface area contributed by atoms with Gasteiger partial charge in [-0.25, -0.2) is 9.18 Å². The van der Waals surface area contributed by atoms with E-state index in [9.17, 15) is 27.6 Å². The Morgan fingerprint density at radius 3 is 2.40 bits per heavy atom. The number of ether oxygens (including phenoxy) is 1. The Morgan fingerprint density at radius 2 is 1.77 bits per heavy atom. The number of H-pyrrole nitrogens is 1. The highest BCUT2D eigenvalue weighted by Crippen LogP contribution is 2.37. The van der Waals surface area contributed by atoms with Crippen LogP contribution in [-0.2, 0) is 10.9 Å². The topological polar surface area (TPSA) is 98.0 Å². The molecule has 43 heavy (non-hydrogen) atoms. The molecule has 0 bridgehead atoms. The molecular formula is C30H37F4N5O4. The second kappa shape index (κ2) is 12.8. The first-order chi connectivity index (χ1) is 20.1. The molecule has 2 aliphatic heterocycles. The predicted molar refractivity (Wildman–Crippen MR) is 156 cm³/mol. The van der Waals surface area contributed by atoms with Crippen molar-refractivity contribution in [1.82, 2.24) is 14.8 Å². The Hall–Kier alpha value is -3.87. The van der Waals surface area contributed by atoms with Crippen molar-refractivity contribution in [1.29, 1.82) is 0 Å². The number of aromatic amines is 1. The summed E-state index contributed by atoms with van der Waals surface area (Å²) in [7, 11) is 1.98. The van der Waals surface area contributed by atoms with E-state index in [0.717, 1.165) is 6.20 Å². The standard InChI is InChI=1S/C30H37F4N5O4/c1-17(2)43-29(42)38-9-6-7-20(8-10-38)21-11-25(26(13-24(21)31)39-15-18(3)37(5)19(4)16-39)36-28(41)22-14-35-27(40)12-23(22)30(32,33)34/h7,11-14,17-19H,6,8-10,15-16H2,1-5H3,(H,35,40)(H,36,41). The molecule has 0 spiro atoms. The maximum atomic E-state index is 15.8. The Kier molecular flexibility index (Phi) is 9.53. The Morgan fingerprint density at radius 1 is 1.09 bits per heavy atom. The lowest BCUT2D eigenvalue weighted by molar-refractivity contribution is -0.138. The third kappa shape index (κ3) is 7.38. The molecule has 2 unspecified atom stereocenters. The third-order valence-electron chi connectivity index (χ3n) is 7.89. The molecule has 0 saturated carbocycles. The molecule has 234 valence electrons. The number of carbonyl (C=O) groups excluding carboxylic acids is 2. The summed E-state index contributed by atoms with van der Waals surface area (Å²) in [5, 5.41) is 2.57. The first-order valence-electron chi connectivity index (χ1n) is 14.2. The Bertz CT molecular complexity index is 1440. The van der Waals surface area contributed by atoms with Gasteiger partial charge in [-0.15, -0.1) is 0 Å². The molecule has 2 amide bonds. The van der Waals surface area contributed by atoms with E-state index in [1.54, 1.807) is 18.7 Å². The van der Waals surface area contributed by atoms with Crippen molar-refractivity contribution in [2.24, 2.45) is 0 Å². The molecule has 1 aromatic carbocycles. The van der Waals surface area contributed by atoms with Gasteiger partial charge in [0.05, 0.1) is 28.6 Å². The van der Waals surface area contributed by atoms with E-state index < -0.39 is 40.7 Å². The molecular weight excluding hydrogens is 570 g/mol. The monoisotopic (exact) mass is 607 g/mol. The summed E-state index contributed by atoms with van der Waals surface area (Å²) in [6.07, 6.45) is -2.43. The number of rotatable bonds is 5. The van der Waals surface area contributed by atoms with Crippen molar-refractivity contribution in [3.05, 3.63) is 63.3 Å². The zero-order valence-corrected chi connectivity index (χ0v) is 24.8. The van der Waals surface area contributed by atoms with Crippen molar-refractivity contribution >= 4 is 28.9 Å². The maximum absolute atomic E-state index is 15.8. The van der Waals surface area contributed by atoms with Gasteiger partial charge in [0, 0.05) is 56.1 Å². The van der Waals surface area contributed by atoms with Crippen molar-refractivity contribution in [2.75, 3.05) is 43.4 Å². The van der Waals surface area contributed by atoms with E-state index in [1.165, 1.54) is 12.1 Å². The first kappa shape index (κ1) is 32.1. The van der Waals surface area contributed by atoms with Gasteiger partial charge in [-0.05, 0) is 65.3 Å². The SMILES string of the molecule is CC(C)OC(=O)N1CCC=C(c2cc(NC(=O)c3c[nH]c(=O)cc3C(F)(F)F)c(N3CC(C)N(C)C(C)C3)cc2F)CC1. The van der Waals surface area contributed by atoms with E-state index in [0.29, 0.717) is 49.8 Å². The number of nitrogens with one attached hydrogen (secondary N) is 2. The second-order valence-corrected chi connectivity index (χ2v) is 11.4. The molecule has 1 saturated heterocycles. The molecule has 9 nitrogen and oxygen atoms in total. The number of benzene rings is 1. The molecule has 4 rings (SSSR count). The van der Waals surface area contributed by atoms with Crippen LogP contribution in [-0.4, -0.2) is 78.2 Å². The van der Waals surface area contributed by atoms with Crippen LogP contribution in [0.15, 0.2) is 35.3 Å². The molecule has 2 aliphatic rings. The average molecular weight is 608 g/mol. The lowest BCUT2D eigenvalue weighted by Crippen LogP contribution is -2.55. The van der Waals surface area contributed by atoms with E-state index in [2.05, 4.69) is 15.2 Å². The fraction of sp³-hybridized carbons (Fsp3) is 0.500. The highest BCUT2D eigenvalue weighted by atomic mass is 19.4. The number of pyridine rings is 1. The summed E-state index contributed by atoms with van der Waals surface area (Å²) in [6.45, 7) is 9.15. The van der Waals surface area contributed by atoms with Crippen molar-refractivity contribution in [2.45, 2.75) is 64.9 Å². The lowest BCUT2D eigenvalue weighted by Gasteiger charge is -2.44. The highest BCUT2D eigenvalue weighted by molar-refractivity contribution is 6.07. The average Bonchev–Trinajstić information content (AvgIpc) is 3.17. The van der Waals surface area contributed by atoms with Gasteiger partial charge >= 0.3 is 12.3 Å². The largest absolute Gasteiger partial charge is 0.447 e. The number of anilines is 2.